The lowest BCUT2D eigenvalue weighted by Crippen LogP contribution is -2.29. The monoisotopic (exact) mass is 347 g/mol. The van der Waals surface area contributed by atoms with Crippen molar-refractivity contribution in [3.05, 3.63) is 76.0 Å². The summed E-state index contributed by atoms with van der Waals surface area (Å²) in [6.07, 6.45) is 7.15. The van der Waals surface area contributed by atoms with E-state index in [9.17, 15) is 15.2 Å². The van der Waals surface area contributed by atoms with Gasteiger partial charge in [0.25, 0.3) is 5.69 Å². The summed E-state index contributed by atoms with van der Waals surface area (Å²) in [7, 11) is 0. The van der Waals surface area contributed by atoms with Gasteiger partial charge in [-0.2, -0.15) is 0 Å². The first-order valence-corrected chi connectivity index (χ1v) is 8.64. The highest BCUT2D eigenvalue weighted by Gasteiger charge is 2.40. The van der Waals surface area contributed by atoms with Crippen LogP contribution in [0, 0.1) is 16.0 Å². The number of nitrogens with zero attached hydrogens (tertiary/aromatic N) is 1. The zero-order chi connectivity index (χ0) is 17.8. The molecule has 1 aliphatic heterocycles. The standard InChI is InChI=1S/C20H17N3O3/c24-18-9-11(23(25)26)8-15-12-5-3-6-14(12)19(22-20(15)18)16-10-21-17-7-2-1-4-13(16)17/h1-5,7-10,12,14,19,21-22,24H,6H2. The van der Waals surface area contributed by atoms with Crippen LogP contribution in [0.4, 0.5) is 11.4 Å². The molecule has 26 heavy (non-hydrogen) atoms. The highest BCUT2D eigenvalue weighted by atomic mass is 16.6. The molecule has 0 spiro atoms. The number of hydrogen-bond donors (Lipinski definition) is 3. The second kappa shape index (κ2) is 5.36. The molecule has 3 atom stereocenters. The largest absolute Gasteiger partial charge is 0.506 e. The van der Waals surface area contributed by atoms with Crippen molar-refractivity contribution in [2.75, 3.05) is 5.32 Å². The molecule has 130 valence electrons. The van der Waals surface area contributed by atoms with Crippen LogP contribution in [-0.2, 0) is 0 Å². The quantitative estimate of drug-likeness (QED) is 0.273. The van der Waals surface area contributed by atoms with Gasteiger partial charge in [-0.05, 0) is 29.5 Å². The molecule has 2 aromatic carbocycles. The van der Waals surface area contributed by atoms with Crippen LogP contribution in [0.25, 0.3) is 10.9 Å². The number of non-ortho nitro benzene ring substituents is 1. The number of allylic oxidation sites excluding steroid dienone is 2. The summed E-state index contributed by atoms with van der Waals surface area (Å²) in [5.74, 6) is 0.233. The number of phenols is 1. The smallest absolute Gasteiger partial charge is 0.273 e. The summed E-state index contributed by atoms with van der Waals surface area (Å²) in [5, 5.41) is 26.2. The SMILES string of the molecule is O=[N+]([O-])c1cc(O)c2c(c1)C1C=CCC1C(c1c[nH]c3ccccc13)N2. The normalized spacial score (nSPS) is 23.5. The number of rotatable bonds is 2. The molecule has 1 aliphatic carbocycles. The van der Waals surface area contributed by atoms with Crippen LogP contribution in [0.3, 0.4) is 0 Å². The number of hydrogen-bond acceptors (Lipinski definition) is 4. The fourth-order valence-corrected chi connectivity index (χ4v) is 4.43. The Morgan fingerprint density at radius 1 is 1.19 bits per heavy atom. The maximum absolute atomic E-state index is 11.2. The van der Waals surface area contributed by atoms with Crippen LogP contribution in [-0.4, -0.2) is 15.0 Å². The topological polar surface area (TPSA) is 91.2 Å². The number of benzene rings is 2. The van der Waals surface area contributed by atoms with Gasteiger partial charge in [0.1, 0.15) is 5.75 Å². The Labute approximate surface area is 149 Å². The van der Waals surface area contributed by atoms with Gasteiger partial charge < -0.3 is 15.4 Å². The maximum Gasteiger partial charge on any atom is 0.273 e. The molecule has 5 rings (SSSR count). The van der Waals surface area contributed by atoms with E-state index in [-0.39, 0.29) is 29.3 Å². The van der Waals surface area contributed by atoms with Crippen molar-refractivity contribution in [3.8, 4) is 5.75 Å². The zero-order valence-corrected chi connectivity index (χ0v) is 13.8. The summed E-state index contributed by atoms with van der Waals surface area (Å²) in [4.78, 5) is 14.0. The maximum atomic E-state index is 11.2. The van der Waals surface area contributed by atoms with Crippen LogP contribution in [0.5, 0.6) is 5.75 Å². The fourth-order valence-electron chi connectivity index (χ4n) is 4.43. The number of anilines is 1. The molecule has 0 fully saturated rings. The molecule has 2 aliphatic rings. The van der Waals surface area contributed by atoms with Crippen LogP contribution in [0.15, 0.2) is 54.7 Å². The number of aromatic hydroxyl groups is 1. The molecule has 0 saturated heterocycles. The van der Waals surface area contributed by atoms with E-state index in [1.165, 1.54) is 6.07 Å². The van der Waals surface area contributed by atoms with E-state index in [1.807, 2.05) is 24.4 Å². The van der Waals surface area contributed by atoms with Gasteiger partial charge in [-0.3, -0.25) is 10.1 Å². The van der Waals surface area contributed by atoms with Crippen molar-refractivity contribution in [1.82, 2.24) is 4.98 Å². The fraction of sp³-hybridized carbons (Fsp3) is 0.200. The van der Waals surface area contributed by atoms with Crippen LogP contribution < -0.4 is 5.32 Å². The first kappa shape index (κ1) is 15.0. The zero-order valence-electron chi connectivity index (χ0n) is 13.8. The second-order valence-corrected chi connectivity index (χ2v) is 6.95. The molecular formula is C20H17N3O3. The Kier molecular flexibility index (Phi) is 3.09. The van der Waals surface area contributed by atoms with E-state index < -0.39 is 4.92 Å². The number of nitro benzene ring substituents is 1. The summed E-state index contributed by atoms with van der Waals surface area (Å²) >= 11 is 0. The van der Waals surface area contributed by atoms with Crippen molar-refractivity contribution in [2.24, 2.45) is 5.92 Å². The second-order valence-electron chi connectivity index (χ2n) is 6.95. The molecule has 6 heteroatoms. The Hall–Kier alpha value is -3.28. The van der Waals surface area contributed by atoms with Gasteiger partial charge in [0.2, 0.25) is 0 Å². The predicted molar refractivity (Wildman–Crippen MR) is 99.4 cm³/mol. The average Bonchev–Trinajstić information content (AvgIpc) is 3.28. The van der Waals surface area contributed by atoms with Gasteiger partial charge in [-0.25, -0.2) is 0 Å². The Morgan fingerprint density at radius 2 is 2.04 bits per heavy atom. The minimum atomic E-state index is -0.459. The van der Waals surface area contributed by atoms with E-state index in [0.717, 1.165) is 28.5 Å². The number of para-hydroxylation sites is 1. The van der Waals surface area contributed by atoms with Crippen molar-refractivity contribution in [2.45, 2.75) is 18.4 Å². The van der Waals surface area contributed by atoms with Gasteiger partial charge in [0, 0.05) is 29.1 Å². The number of H-pyrrole nitrogens is 1. The molecular weight excluding hydrogens is 330 g/mol. The van der Waals surface area contributed by atoms with Crippen LogP contribution in [0.2, 0.25) is 0 Å². The minimum absolute atomic E-state index is 0.0195. The molecule has 0 saturated carbocycles. The van der Waals surface area contributed by atoms with Gasteiger partial charge in [-0.15, -0.1) is 0 Å². The van der Waals surface area contributed by atoms with Gasteiger partial charge in [0.15, 0.2) is 0 Å². The summed E-state index contributed by atoms with van der Waals surface area (Å²) in [6, 6.07) is 11.0. The van der Waals surface area contributed by atoms with Gasteiger partial charge in [-0.1, -0.05) is 30.4 Å². The van der Waals surface area contributed by atoms with E-state index in [1.54, 1.807) is 6.07 Å². The number of aromatic amines is 1. The lowest BCUT2D eigenvalue weighted by atomic mass is 9.76. The molecule has 0 amide bonds. The first-order chi connectivity index (χ1) is 12.6. The first-order valence-electron chi connectivity index (χ1n) is 8.64. The third kappa shape index (κ3) is 2.05. The van der Waals surface area contributed by atoms with Crippen molar-refractivity contribution in [3.63, 3.8) is 0 Å². The van der Waals surface area contributed by atoms with E-state index in [0.29, 0.717) is 5.69 Å². The molecule has 3 unspecified atom stereocenters. The highest BCUT2D eigenvalue weighted by molar-refractivity contribution is 5.84. The lowest BCUT2D eigenvalue weighted by molar-refractivity contribution is -0.385. The van der Waals surface area contributed by atoms with Gasteiger partial charge in [0.05, 0.1) is 22.7 Å². The average molecular weight is 347 g/mol. The summed E-state index contributed by atoms with van der Waals surface area (Å²) in [5.41, 5.74) is 3.55. The third-order valence-corrected chi connectivity index (χ3v) is 5.60. The minimum Gasteiger partial charge on any atom is -0.506 e. The van der Waals surface area contributed by atoms with Crippen molar-refractivity contribution in [1.29, 1.82) is 0 Å². The number of aromatic nitrogens is 1. The number of nitrogens with one attached hydrogen (secondary N) is 2. The molecule has 6 nitrogen and oxygen atoms in total. The number of phenolic OH excluding ortho intramolecular Hbond substituents is 1. The highest BCUT2D eigenvalue weighted by Crippen LogP contribution is 2.53. The molecule has 0 bridgehead atoms. The molecule has 0 radical (unpaired) electrons. The number of fused-ring (bicyclic) bond motifs is 4. The van der Waals surface area contributed by atoms with Crippen LogP contribution >= 0.6 is 0 Å². The Morgan fingerprint density at radius 3 is 2.88 bits per heavy atom. The van der Waals surface area contributed by atoms with Crippen molar-refractivity contribution >= 4 is 22.3 Å². The van der Waals surface area contributed by atoms with E-state index >= 15 is 0 Å². The Balaban J connectivity index is 1.67. The third-order valence-electron chi connectivity index (χ3n) is 5.60. The lowest BCUT2D eigenvalue weighted by Gasteiger charge is -2.37. The molecule has 3 aromatic rings. The molecule has 2 heterocycles. The predicted octanol–water partition coefficient (Wildman–Crippen LogP) is 4.61. The van der Waals surface area contributed by atoms with E-state index in [4.69, 9.17) is 0 Å². The summed E-state index contributed by atoms with van der Waals surface area (Å²) < 4.78 is 0. The van der Waals surface area contributed by atoms with Crippen LogP contribution in [0.1, 0.15) is 29.5 Å². The molecule has 1 aromatic heterocycles. The van der Waals surface area contributed by atoms with E-state index in [2.05, 4.69) is 28.5 Å². The Bertz CT molecular complexity index is 1070. The summed E-state index contributed by atoms with van der Waals surface area (Å²) in [6.45, 7) is 0. The van der Waals surface area contributed by atoms with Gasteiger partial charge >= 0.3 is 0 Å². The number of nitro groups is 1. The molecule has 3 N–H and O–H groups in total. The van der Waals surface area contributed by atoms with Crippen molar-refractivity contribution < 1.29 is 10.0 Å².